The number of hydrogen-bond donors (Lipinski definition) is 1. The van der Waals surface area contributed by atoms with Gasteiger partial charge in [-0.15, -0.1) is 0 Å². The van der Waals surface area contributed by atoms with E-state index in [1.54, 1.807) is 0 Å². The summed E-state index contributed by atoms with van der Waals surface area (Å²) in [5, 5.41) is 1.51. The molecule has 0 atom stereocenters. The fourth-order valence-electron chi connectivity index (χ4n) is 5.50. The van der Waals surface area contributed by atoms with Crippen molar-refractivity contribution in [2.75, 3.05) is 0 Å². The third-order valence-corrected chi connectivity index (χ3v) is 6.64. The van der Waals surface area contributed by atoms with Crippen LogP contribution in [0.4, 0.5) is 57.1 Å². The second-order valence-electron chi connectivity index (χ2n) is 9.02. The van der Waals surface area contributed by atoms with Crippen molar-refractivity contribution in [3.63, 3.8) is 0 Å². The Kier molecular flexibility index (Phi) is 5.35. The van der Waals surface area contributed by atoms with E-state index in [2.05, 4.69) is 0 Å². The van der Waals surface area contributed by atoms with Gasteiger partial charge in [-0.2, -0.15) is 57.1 Å². The summed E-state index contributed by atoms with van der Waals surface area (Å²) in [5.41, 5.74) is -1.50. The molecule has 4 rings (SSSR count). The Morgan fingerprint density at radius 3 is 1.28 bits per heavy atom. The van der Waals surface area contributed by atoms with Crippen LogP contribution < -0.4 is 5.32 Å². The fourth-order valence-corrected chi connectivity index (χ4v) is 5.50. The quantitative estimate of drug-likeness (QED) is 0.462. The summed E-state index contributed by atoms with van der Waals surface area (Å²) in [5.74, 6) is -41.5. The maximum Gasteiger partial charge on any atom is 0.460 e. The largest absolute Gasteiger partial charge is 0.460 e. The summed E-state index contributed by atoms with van der Waals surface area (Å²) in [6.07, 6.45) is -5.39. The van der Waals surface area contributed by atoms with Crippen molar-refractivity contribution < 1.29 is 61.9 Å². The average molecular weight is 497 g/mol. The van der Waals surface area contributed by atoms with E-state index in [1.165, 1.54) is 5.32 Å². The first-order valence-electron chi connectivity index (χ1n) is 9.40. The molecule has 0 aliphatic heterocycles. The highest BCUT2D eigenvalue weighted by molar-refractivity contribution is 5.85. The van der Waals surface area contributed by atoms with Crippen molar-refractivity contribution in [1.29, 1.82) is 0 Å². The molecule has 4 fully saturated rings. The van der Waals surface area contributed by atoms with Crippen LogP contribution in [-0.4, -0.2) is 47.2 Å². The number of hydrogen-bond acceptors (Lipinski definition) is 1. The minimum absolute atomic E-state index is 0.0338. The highest BCUT2D eigenvalue weighted by Crippen LogP contribution is 2.61. The zero-order valence-corrected chi connectivity index (χ0v) is 15.8. The van der Waals surface area contributed by atoms with Crippen molar-refractivity contribution in [3.8, 4) is 0 Å². The van der Waals surface area contributed by atoms with E-state index in [0.717, 1.165) is 0 Å². The summed E-state index contributed by atoms with van der Waals surface area (Å²) < 4.78 is 172. The molecule has 4 bridgehead atoms. The monoisotopic (exact) mass is 497 g/mol. The van der Waals surface area contributed by atoms with Gasteiger partial charge >= 0.3 is 35.8 Å². The van der Waals surface area contributed by atoms with E-state index in [4.69, 9.17) is 0 Å². The molecule has 15 heteroatoms. The van der Waals surface area contributed by atoms with Crippen LogP contribution in [0.3, 0.4) is 0 Å². The van der Waals surface area contributed by atoms with Gasteiger partial charge in [0.05, 0.1) is 0 Å². The number of nitrogens with one attached hydrogen (secondary N) is 1. The van der Waals surface area contributed by atoms with E-state index >= 15 is 0 Å². The van der Waals surface area contributed by atoms with Crippen LogP contribution in [0.2, 0.25) is 0 Å². The Morgan fingerprint density at radius 2 is 0.938 bits per heavy atom. The first-order chi connectivity index (χ1) is 14.1. The Labute approximate surface area is 171 Å². The van der Waals surface area contributed by atoms with Crippen LogP contribution in [-0.2, 0) is 4.79 Å². The zero-order valence-electron chi connectivity index (χ0n) is 15.8. The Bertz CT molecular complexity index is 738. The topological polar surface area (TPSA) is 29.1 Å². The highest BCUT2D eigenvalue weighted by atomic mass is 19.4. The van der Waals surface area contributed by atoms with Gasteiger partial charge in [0.2, 0.25) is 0 Å². The lowest BCUT2D eigenvalue weighted by Crippen LogP contribution is -2.73. The molecule has 32 heavy (non-hydrogen) atoms. The van der Waals surface area contributed by atoms with Gasteiger partial charge in [0.15, 0.2) is 0 Å². The number of carbonyl (C=O) groups excluding carboxylic acids is 1. The van der Waals surface area contributed by atoms with Gasteiger partial charge in [-0.25, -0.2) is 0 Å². The van der Waals surface area contributed by atoms with Crippen LogP contribution in [0.5, 0.6) is 0 Å². The van der Waals surface area contributed by atoms with Crippen molar-refractivity contribution in [2.45, 2.75) is 79.9 Å². The normalized spacial score (nSPS) is 31.7. The van der Waals surface area contributed by atoms with Crippen molar-refractivity contribution >= 4 is 5.91 Å². The molecule has 4 aliphatic carbocycles. The lowest BCUT2D eigenvalue weighted by molar-refractivity contribution is -0.436. The lowest BCUT2D eigenvalue weighted by atomic mass is 9.53. The molecule has 0 aromatic rings. The fraction of sp³-hybridized carbons (Fsp3) is 0.941. The summed E-state index contributed by atoms with van der Waals surface area (Å²) in [6.45, 7) is 0. The smallest absolute Gasteiger partial charge is 0.345 e. The summed E-state index contributed by atoms with van der Waals surface area (Å²) in [7, 11) is 0. The Hall–Kier alpha value is -1.44. The minimum Gasteiger partial charge on any atom is -0.345 e. The third kappa shape index (κ3) is 3.26. The highest BCUT2D eigenvalue weighted by Gasteiger charge is 2.91. The predicted molar refractivity (Wildman–Crippen MR) is 79.8 cm³/mol. The molecule has 1 amide bonds. The first-order valence-corrected chi connectivity index (χ1v) is 9.40. The van der Waals surface area contributed by atoms with E-state index in [0.29, 0.717) is 19.3 Å². The molecular formula is C17H16F13NO. The molecule has 0 aromatic carbocycles. The molecular weight excluding hydrogens is 481 g/mol. The second-order valence-corrected chi connectivity index (χ2v) is 9.02. The van der Waals surface area contributed by atoms with Crippen molar-refractivity contribution in [2.24, 2.45) is 17.8 Å². The molecule has 1 N–H and O–H groups in total. The number of amides is 1. The molecule has 0 radical (unpaired) electrons. The standard InChI is InChI=1S/C17H16F13NO/c18-12(19,10(32)31-11-4-7-1-8(5-11)3-9(2-7)6-11)13(20,21)14(22,23)15(24,25)16(26,27)17(28,29)30/h7-9H,1-6H2,(H,31,32). The van der Waals surface area contributed by atoms with Gasteiger partial charge in [0.25, 0.3) is 5.91 Å². The minimum atomic E-state index is -8.01. The second kappa shape index (κ2) is 6.80. The van der Waals surface area contributed by atoms with Crippen LogP contribution in [0.1, 0.15) is 38.5 Å². The summed E-state index contributed by atoms with van der Waals surface area (Å²) in [4.78, 5) is 11.9. The van der Waals surface area contributed by atoms with Gasteiger partial charge < -0.3 is 5.32 Å². The molecule has 0 unspecified atom stereocenters. The van der Waals surface area contributed by atoms with E-state index < -0.39 is 47.2 Å². The predicted octanol–water partition coefficient (Wildman–Crippen LogP) is 5.81. The summed E-state index contributed by atoms with van der Waals surface area (Å²) >= 11 is 0. The van der Waals surface area contributed by atoms with E-state index in [1.807, 2.05) is 0 Å². The lowest BCUT2D eigenvalue weighted by Gasteiger charge is -2.57. The van der Waals surface area contributed by atoms with Gasteiger partial charge in [-0.3, -0.25) is 4.79 Å². The van der Waals surface area contributed by atoms with Crippen LogP contribution in [0.25, 0.3) is 0 Å². The molecule has 0 saturated heterocycles. The van der Waals surface area contributed by atoms with Crippen molar-refractivity contribution in [3.05, 3.63) is 0 Å². The Morgan fingerprint density at radius 1 is 0.594 bits per heavy atom. The van der Waals surface area contributed by atoms with Gasteiger partial charge in [0.1, 0.15) is 0 Å². The van der Waals surface area contributed by atoms with Gasteiger partial charge in [0, 0.05) is 5.54 Å². The van der Waals surface area contributed by atoms with Crippen LogP contribution in [0.15, 0.2) is 0 Å². The van der Waals surface area contributed by atoms with Gasteiger partial charge in [-0.1, -0.05) is 0 Å². The molecule has 2 nitrogen and oxygen atoms in total. The molecule has 0 heterocycles. The SMILES string of the molecule is O=C(NC12CC3CC(CC(C3)C1)C2)C(F)(F)C(F)(F)C(F)(F)C(F)(F)C(F)(F)C(F)(F)F. The molecule has 4 aliphatic rings. The number of rotatable bonds is 6. The van der Waals surface area contributed by atoms with Crippen molar-refractivity contribution in [1.82, 2.24) is 5.32 Å². The number of halogens is 13. The molecule has 4 saturated carbocycles. The number of carbonyl (C=O) groups is 1. The number of alkyl halides is 13. The maximum absolute atomic E-state index is 14.1. The van der Waals surface area contributed by atoms with Gasteiger partial charge in [-0.05, 0) is 56.3 Å². The van der Waals surface area contributed by atoms with Crippen LogP contribution in [0, 0.1) is 17.8 Å². The third-order valence-electron chi connectivity index (χ3n) is 6.64. The Balaban J connectivity index is 1.89. The van der Waals surface area contributed by atoms with E-state index in [9.17, 15) is 61.9 Å². The summed E-state index contributed by atoms with van der Waals surface area (Å²) in [6, 6.07) is 0. The molecule has 0 aromatic heterocycles. The average Bonchev–Trinajstić information content (AvgIpc) is 2.58. The zero-order chi connectivity index (χ0) is 24.8. The molecule has 0 spiro atoms. The van der Waals surface area contributed by atoms with E-state index in [-0.39, 0.29) is 37.0 Å². The first kappa shape index (κ1) is 25.2. The van der Waals surface area contributed by atoms with Crippen LogP contribution >= 0.6 is 0 Å². The molecule has 186 valence electrons. The maximum atomic E-state index is 14.1.